The van der Waals surface area contributed by atoms with Crippen LogP contribution in [0.1, 0.15) is 52.1 Å². The van der Waals surface area contributed by atoms with Crippen LogP contribution >= 0.6 is 11.3 Å². The number of carbonyl (C=O) groups excluding carboxylic acids is 2. The van der Waals surface area contributed by atoms with Gasteiger partial charge in [-0.15, -0.1) is 0 Å². The molecule has 1 N–H and O–H groups in total. The van der Waals surface area contributed by atoms with Gasteiger partial charge in [0.15, 0.2) is 17.4 Å². The molecule has 1 aliphatic rings. The first kappa shape index (κ1) is 21.0. The van der Waals surface area contributed by atoms with E-state index < -0.39 is 0 Å². The molecule has 1 aromatic carbocycles. The molecule has 1 aliphatic heterocycles. The second kappa shape index (κ2) is 8.89. The maximum atomic E-state index is 12.6. The topological polar surface area (TPSA) is 97.6 Å². The molecule has 0 spiro atoms. The summed E-state index contributed by atoms with van der Waals surface area (Å²) < 4.78 is 10.6. The van der Waals surface area contributed by atoms with Crippen molar-refractivity contribution in [3.05, 3.63) is 57.9 Å². The van der Waals surface area contributed by atoms with Crippen molar-refractivity contribution in [3.8, 4) is 5.75 Å². The number of carbonyl (C=O) groups is 2. The highest BCUT2D eigenvalue weighted by atomic mass is 32.1. The molecule has 162 valence electrons. The molecule has 0 radical (unpaired) electrons. The largest absolute Gasteiger partial charge is 0.484 e. The third-order valence-corrected chi connectivity index (χ3v) is 6.07. The lowest BCUT2D eigenvalue weighted by Gasteiger charge is -2.26. The van der Waals surface area contributed by atoms with Crippen LogP contribution in [-0.2, 0) is 17.8 Å². The molecule has 4 rings (SSSR count). The van der Waals surface area contributed by atoms with Crippen LogP contribution in [0.2, 0.25) is 0 Å². The summed E-state index contributed by atoms with van der Waals surface area (Å²) in [5, 5.41) is 6.95. The molecule has 2 aromatic heterocycles. The summed E-state index contributed by atoms with van der Waals surface area (Å²) >= 11 is 1.37. The summed E-state index contributed by atoms with van der Waals surface area (Å²) in [6.45, 7) is 7.01. The number of thiazole rings is 1. The Morgan fingerprint density at radius 3 is 2.74 bits per heavy atom. The Morgan fingerprint density at radius 1 is 1.29 bits per heavy atom. The number of anilines is 1. The van der Waals surface area contributed by atoms with Gasteiger partial charge in [-0.2, -0.15) is 0 Å². The van der Waals surface area contributed by atoms with Gasteiger partial charge in [0.2, 0.25) is 0 Å². The monoisotopic (exact) mass is 440 g/mol. The average molecular weight is 441 g/mol. The molecule has 0 saturated carbocycles. The van der Waals surface area contributed by atoms with Crippen LogP contribution in [-0.4, -0.2) is 40.0 Å². The Morgan fingerprint density at radius 2 is 2.06 bits per heavy atom. The Kier molecular flexibility index (Phi) is 6.03. The Bertz CT molecular complexity index is 1090. The second-order valence-corrected chi connectivity index (χ2v) is 8.83. The van der Waals surface area contributed by atoms with E-state index in [-0.39, 0.29) is 24.1 Å². The third kappa shape index (κ3) is 4.93. The molecule has 0 fully saturated rings. The quantitative estimate of drug-likeness (QED) is 0.626. The fraction of sp³-hybridized carbons (Fsp3) is 0.364. The van der Waals surface area contributed by atoms with E-state index in [0.717, 1.165) is 10.6 Å². The van der Waals surface area contributed by atoms with Gasteiger partial charge in [-0.1, -0.05) is 42.5 Å². The highest BCUT2D eigenvalue weighted by Gasteiger charge is 2.25. The first-order chi connectivity index (χ1) is 14.9. The maximum absolute atomic E-state index is 12.6. The normalized spacial score (nSPS) is 13.2. The highest BCUT2D eigenvalue weighted by Crippen LogP contribution is 2.29. The zero-order valence-electron chi connectivity index (χ0n) is 17.7. The van der Waals surface area contributed by atoms with Crippen molar-refractivity contribution in [1.29, 1.82) is 0 Å². The van der Waals surface area contributed by atoms with Gasteiger partial charge < -0.3 is 14.2 Å². The van der Waals surface area contributed by atoms with Crippen molar-refractivity contribution < 1.29 is 18.8 Å². The van der Waals surface area contributed by atoms with Crippen molar-refractivity contribution in [2.75, 3.05) is 18.5 Å². The number of hydrogen-bond donors (Lipinski definition) is 1. The van der Waals surface area contributed by atoms with Crippen LogP contribution in [0.5, 0.6) is 5.75 Å². The first-order valence-corrected chi connectivity index (χ1v) is 10.9. The van der Waals surface area contributed by atoms with Crippen molar-refractivity contribution in [1.82, 2.24) is 15.0 Å². The number of rotatable bonds is 6. The minimum atomic E-state index is -0.368. The summed E-state index contributed by atoms with van der Waals surface area (Å²) in [7, 11) is 0. The predicted molar refractivity (Wildman–Crippen MR) is 116 cm³/mol. The molecule has 0 bridgehead atoms. The lowest BCUT2D eigenvalue weighted by molar-refractivity contribution is -0.134. The SMILES string of the molecule is Cc1cc(C(=O)Nc2nc3c(s2)CN(C(=O)COc2ccc(C(C)C)cc2)CC3)no1. The van der Waals surface area contributed by atoms with Crippen molar-refractivity contribution in [2.24, 2.45) is 0 Å². The van der Waals surface area contributed by atoms with E-state index in [4.69, 9.17) is 9.26 Å². The standard InChI is InChI=1S/C22H24N4O4S/c1-13(2)15-4-6-16(7-5-15)29-12-20(27)26-9-8-17-19(11-26)31-22(23-17)24-21(28)18-10-14(3)30-25-18/h4-7,10,13H,8-9,11-12H2,1-3H3,(H,23,24,28). The maximum Gasteiger partial charge on any atom is 0.279 e. The van der Waals surface area contributed by atoms with Crippen LogP contribution < -0.4 is 10.1 Å². The molecule has 8 nitrogen and oxygen atoms in total. The average Bonchev–Trinajstić information content (AvgIpc) is 3.37. The minimum Gasteiger partial charge on any atom is -0.484 e. The number of nitrogens with zero attached hydrogens (tertiary/aromatic N) is 3. The minimum absolute atomic E-state index is 0.00966. The Hall–Kier alpha value is -3.20. The number of ether oxygens (including phenoxy) is 1. The van der Waals surface area contributed by atoms with Crippen molar-refractivity contribution in [2.45, 2.75) is 39.7 Å². The number of aromatic nitrogens is 2. The summed E-state index contributed by atoms with van der Waals surface area (Å²) in [6, 6.07) is 9.40. The van der Waals surface area contributed by atoms with Crippen LogP contribution in [0.3, 0.4) is 0 Å². The number of aryl methyl sites for hydroxylation is 1. The molecule has 3 heterocycles. The van der Waals surface area contributed by atoms with Crippen LogP contribution in [0.15, 0.2) is 34.9 Å². The Balaban J connectivity index is 1.33. The molecule has 0 aliphatic carbocycles. The van der Waals surface area contributed by atoms with E-state index in [1.54, 1.807) is 17.9 Å². The molecular formula is C22H24N4O4S. The molecular weight excluding hydrogens is 416 g/mol. The number of amides is 2. The second-order valence-electron chi connectivity index (χ2n) is 7.74. The number of nitrogens with one attached hydrogen (secondary N) is 1. The first-order valence-electron chi connectivity index (χ1n) is 10.1. The highest BCUT2D eigenvalue weighted by molar-refractivity contribution is 7.15. The molecule has 0 unspecified atom stereocenters. The van der Waals surface area contributed by atoms with Gasteiger partial charge in [0, 0.05) is 23.9 Å². The van der Waals surface area contributed by atoms with Crippen LogP contribution in [0.25, 0.3) is 0 Å². The van der Waals surface area contributed by atoms with E-state index in [1.807, 2.05) is 24.3 Å². The fourth-order valence-electron chi connectivity index (χ4n) is 3.28. The molecule has 2 amide bonds. The zero-order valence-corrected chi connectivity index (χ0v) is 18.5. The summed E-state index contributed by atoms with van der Waals surface area (Å²) in [5.74, 6) is 1.26. The molecule has 3 aromatic rings. The van der Waals surface area contributed by atoms with Gasteiger partial charge in [-0.3, -0.25) is 14.9 Å². The third-order valence-electron chi connectivity index (χ3n) is 5.07. The van der Waals surface area contributed by atoms with E-state index in [1.165, 1.54) is 16.9 Å². The van der Waals surface area contributed by atoms with Gasteiger partial charge in [0.25, 0.3) is 11.8 Å². The van der Waals surface area contributed by atoms with Gasteiger partial charge in [-0.25, -0.2) is 4.98 Å². The lowest BCUT2D eigenvalue weighted by Crippen LogP contribution is -2.38. The van der Waals surface area contributed by atoms with Crippen LogP contribution in [0, 0.1) is 6.92 Å². The van der Waals surface area contributed by atoms with E-state index in [2.05, 4.69) is 29.3 Å². The molecule has 31 heavy (non-hydrogen) atoms. The number of fused-ring (bicyclic) bond motifs is 1. The van der Waals surface area contributed by atoms with E-state index in [9.17, 15) is 9.59 Å². The van der Waals surface area contributed by atoms with Crippen molar-refractivity contribution >= 4 is 28.3 Å². The summed E-state index contributed by atoms with van der Waals surface area (Å²) in [5.41, 5.74) is 2.35. The number of hydrogen-bond acceptors (Lipinski definition) is 7. The summed E-state index contributed by atoms with van der Waals surface area (Å²) in [6.07, 6.45) is 0.638. The van der Waals surface area contributed by atoms with Gasteiger partial charge in [0.1, 0.15) is 11.5 Å². The fourth-order valence-corrected chi connectivity index (χ4v) is 4.30. The predicted octanol–water partition coefficient (Wildman–Crippen LogP) is 3.78. The van der Waals surface area contributed by atoms with Crippen molar-refractivity contribution in [3.63, 3.8) is 0 Å². The number of benzene rings is 1. The van der Waals surface area contributed by atoms with E-state index in [0.29, 0.717) is 42.1 Å². The summed E-state index contributed by atoms with van der Waals surface area (Å²) in [4.78, 5) is 32.1. The molecule has 0 atom stereocenters. The van der Waals surface area contributed by atoms with Crippen LogP contribution in [0.4, 0.5) is 5.13 Å². The smallest absolute Gasteiger partial charge is 0.279 e. The lowest BCUT2D eigenvalue weighted by atomic mass is 10.0. The molecule has 0 saturated heterocycles. The van der Waals surface area contributed by atoms with Gasteiger partial charge >= 0.3 is 0 Å². The Labute approximate surface area is 184 Å². The van der Waals surface area contributed by atoms with Gasteiger partial charge in [-0.05, 0) is 30.5 Å². The molecule has 9 heteroatoms. The zero-order chi connectivity index (χ0) is 22.0. The van der Waals surface area contributed by atoms with E-state index >= 15 is 0 Å². The van der Waals surface area contributed by atoms with Gasteiger partial charge in [0.05, 0.1) is 12.2 Å².